The molecule has 0 bridgehead atoms. The van der Waals surface area contributed by atoms with Crippen LogP contribution >= 0.6 is 0 Å². The fraction of sp³-hybridized carbons (Fsp3) is 0.222. The van der Waals surface area contributed by atoms with Crippen molar-refractivity contribution in [2.45, 2.75) is 12.2 Å². The van der Waals surface area contributed by atoms with Crippen molar-refractivity contribution in [2.75, 3.05) is 0 Å². The summed E-state index contributed by atoms with van der Waals surface area (Å²) >= 11 is 0. The molecule has 1 aliphatic rings. The van der Waals surface area contributed by atoms with Gasteiger partial charge in [0.1, 0.15) is 12.2 Å². The molecule has 0 radical (unpaired) electrons. The van der Waals surface area contributed by atoms with Crippen LogP contribution in [-0.2, 0) is 0 Å². The van der Waals surface area contributed by atoms with Crippen LogP contribution in [0.3, 0.4) is 0 Å². The van der Waals surface area contributed by atoms with Crippen molar-refractivity contribution >= 4 is 5.70 Å². The molecule has 2 N–H and O–H groups in total. The van der Waals surface area contributed by atoms with E-state index in [1.165, 1.54) is 0 Å². The van der Waals surface area contributed by atoms with Gasteiger partial charge in [0.2, 0.25) is 0 Å². The SMILES string of the molecule is O[C@@H]1C(n2ccnc2)=CC=C[C@@H]1O. The fourth-order valence-corrected chi connectivity index (χ4v) is 1.30. The zero-order valence-corrected chi connectivity index (χ0v) is 6.91. The molecule has 68 valence electrons. The summed E-state index contributed by atoms with van der Waals surface area (Å²) in [6, 6.07) is 0. The maximum atomic E-state index is 9.59. The lowest BCUT2D eigenvalue weighted by Crippen LogP contribution is -2.29. The van der Waals surface area contributed by atoms with Crippen LogP contribution in [0, 0.1) is 0 Å². The van der Waals surface area contributed by atoms with E-state index in [1.807, 2.05) is 0 Å². The van der Waals surface area contributed by atoms with Gasteiger partial charge in [0, 0.05) is 12.4 Å². The molecule has 1 aromatic rings. The summed E-state index contributed by atoms with van der Waals surface area (Å²) in [6.45, 7) is 0. The third kappa shape index (κ3) is 1.41. The summed E-state index contributed by atoms with van der Waals surface area (Å²) in [4.78, 5) is 3.86. The highest BCUT2D eigenvalue weighted by Crippen LogP contribution is 2.17. The summed E-state index contributed by atoms with van der Waals surface area (Å²) in [5, 5.41) is 18.9. The third-order valence-electron chi connectivity index (χ3n) is 2.00. The predicted molar refractivity (Wildman–Crippen MR) is 47.7 cm³/mol. The van der Waals surface area contributed by atoms with Gasteiger partial charge in [-0.2, -0.15) is 0 Å². The standard InChI is InChI=1S/C9H10N2O2/c12-8-3-1-2-7(9(8)13)11-5-4-10-6-11/h1-6,8-9,12-13H/t8-,9+/m0/s1. The molecule has 4 heteroatoms. The average Bonchev–Trinajstić information content (AvgIpc) is 2.62. The Morgan fingerprint density at radius 2 is 2.23 bits per heavy atom. The van der Waals surface area contributed by atoms with Gasteiger partial charge in [-0.1, -0.05) is 12.2 Å². The number of imidazole rings is 1. The topological polar surface area (TPSA) is 58.3 Å². The molecule has 2 atom stereocenters. The molecular weight excluding hydrogens is 168 g/mol. The monoisotopic (exact) mass is 178 g/mol. The quantitative estimate of drug-likeness (QED) is 0.637. The molecule has 0 spiro atoms. The molecule has 0 unspecified atom stereocenters. The number of nitrogens with zero attached hydrogens (tertiary/aromatic N) is 2. The molecule has 0 aromatic carbocycles. The highest BCUT2D eigenvalue weighted by atomic mass is 16.3. The second-order valence-corrected chi connectivity index (χ2v) is 2.88. The molecule has 4 nitrogen and oxygen atoms in total. The van der Waals surface area contributed by atoms with Gasteiger partial charge in [0.05, 0.1) is 12.0 Å². The zero-order chi connectivity index (χ0) is 9.26. The second kappa shape index (κ2) is 3.16. The second-order valence-electron chi connectivity index (χ2n) is 2.88. The third-order valence-corrected chi connectivity index (χ3v) is 2.00. The Bertz CT molecular complexity index is 341. The summed E-state index contributed by atoms with van der Waals surface area (Å²) < 4.78 is 1.68. The van der Waals surface area contributed by atoms with Gasteiger partial charge in [-0.05, 0) is 6.08 Å². The Labute approximate surface area is 75.5 Å². The van der Waals surface area contributed by atoms with Gasteiger partial charge in [-0.15, -0.1) is 0 Å². The molecule has 0 amide bonds. The lowest BCUT2D eigenvalue weighted by molar-refractivity contribution is 0.0825. The Kier molecular flexibility index (Phi) is 2.00. The van der Waals surface area contributed by atoms with E-state index in [9.17, 15) is 10.2 Å². The number of allylic oxidation sites excluding steroid dienone is 2. The van der Waals surface area contributed by atoms with E-state index in [0.29, 0.717) is 5.70 Å². The van der Waals surface area contributed by atoms with E-state index in [-0.39, 0.29) is 0 Å². The first-order valence-corrected chi connectivity index (χ1v) is 4.02. The van der Waals surface area contributed by atoms with Gasteiger partial charge >= 0.3 is 0 Å². The molecule has 1 heterocycles. The first-order chi connectivity index (χ1) is 6.29. The molecule has 2 rings (SSSR count). The maximum Gasteiger partial charge on any atom is 0.124 e. The van der Waals surface area contributed by atoms with Crippen molar-refractivity contribution in [2.24, 2.45) is 0 Å². The minimum atomic E-state index is -0.876. The van der Waals surface area contributed by atoms with E-state index in [1.54, 1.807) is 41.5 Å². The van der Waals surface area contributed by atoms with Crippen molar-refractivity contribution in [3.8, 4) is 0 Å². The molecular formula is C9H10N2O2. The van der Waals surface area contributed by atoms with E-state index in [2.05, 4.69) is 4.98 Å². The maximum absolute atomic E-state index is 9.59. The lowest BCUT2D eigenvalue weighted by atomic mass is 10.1. The number of aromatic nitrogens is 2. The van der Waals surface area contributed by atoms with Gasteiger partial charge in [-0.25, -0.2) is 4.98 Å². The largest absolute Gasteiger partial charge is 0.386 e. The Morgan fingerprint density at radius 3 is 2.92 bits per heavy atom. The summed E-state index contributed by atoms with van der Waals surface area (Å²) in [5.74, 6) is 0. The molecule has 0 saturated carbocycles. The molecule has 1 aromatic heterocycles. The molecule has 13 heavy (non-hydrogen) atoms. The number of aliphatic hydroxyl groups is 2. The summed E-state index contributed by atoms with van der Waals surface area (Å²) in [6.07, 6.45) is 8.23. The van der Waals surface area contributed by atoms with Crippen molar-refractivity contribution in [3.63, 3.8) is 0 Å². The first-order valence-electron chi connectivity index (χ1n) is 4.02. The van der Waals surface area contributed by atoms with Gasteiger partial charge in [-0.3, -0.25) is 0 Å². The van der Waals surface area contributed by atoms with Crippen molar-refractivity contribution in [1.29, 1.82) is 0 Å². The van der Waals surface area contributed by atoms with Gasteiger partial charge < -0.3 is 14.8 Å². The van der Waals surface area contributed by atoms with Crippen molar-refractivity contribution in [1.82, 2.24) is 9.55 Å². The van der Waals surface area contributed by atoms with Crippen molar-refractivity contribution in [3.05, 3.63) is 36.9 Å². The molecule has 0 fully saturated rings. The van der Waals surface area contributed by atoms with Crippen LogP contribution in [0.5, 0.6) is 0 Å². The average molecular weight is 178 g/mol. The number of aliphatic hydroxyl groups excluding tert-OH is 2. The predicted octanol–water partition coefficient (Wildman–Crippen LogP) is 0.0156. The Balaban J connectivity index is 2.34. The molecule has 1 aliphatic carbocycles. The highest BCUT2D eigenvalue weighted by Gasteiger charge is 2.21. The molecule has 0 saturated heterocycles. The van der Waals surface area contributed by atoms with Crippen LogP contribution in [0.1, 0.15) is 0 Å². The molecule has 0 aliphatic heterocycles. The van der Waals surface area contributed by atoms with Crippen LogP contribution in [0.15, 0.2) is 36.9 Å². The minimum Gasteiger partial charge on any atom is -0.386 e. The normalized spacial score (nSPS) is 27.4. The number of hydrogen-bond acceptors (Lipinski definition) is 3. The minimum absolute atomic E-state index is 0.632. The van der Waals surface area contributed by atoms with Gasteiger partial charge in [0.15, 0.2) is 0 Å². The Hall–Kier alpha value is -1.39. The van der Waals surface area contributed by atoms with E-state index < -0.39 is 12.2 Å². The number of rotatable bonds is 1. The van der Waals surface area contributed by atoms with E-state index in [4.69, 9.17) is 0 Å². The Morgan fingerprint density at radius 1 is 1.38 bits per heavy atom. The van der Waals surface area contributed by atoms with Crippen LogP contribution < -0.4 is 0 Å². The van der Waals surface area contributed by atoms with E-state index in [0.717, 1.165) is 0 Å². The number of hydrogen-bond donors (Lipinski definition) is 2. The highest BCUT2D eigenvalue weighted by molar-refractivity contribution is 5.55. The van der Waals surface area contributed by atoms with Gasteiger partial charge in [0.25, 0.3) is 0 Å². The first kappa shape index (κ1) is 8.22. The summed E-state index contributed by atoms with van der Waals surface area (Å²) in [7, 11) is 0. The lowest BCUT2D eigenvalue weighted by Gasteiger charge is -2.21. The van der Waals surface area contributed by atoms with Crippen LogP contribution in [0.2, 0.25) is 0 Å². The summed E-state index contributed by atoms with van der Waals surface area (Å²) in [5.41, 5.74) is 0.632. The smallest absolute Gasteiger partial charge is 0.124 e. The van der Waals surface area contributed by atoms with Crippen molar-refractivity contribution < 1.29 is 10.2 Å². The fourth-order valence-electron chi connectivity index (χ4n) is 1.30. The van der Waals surface area contributed by atoms with Crippen LogP contribution in [0.25, 0.3) is 5.70 Å². The van der Waals surface area contributed by atoms with E-state index >= 15 is 0 Å². The zero-order valence-electron chi connectivity index (χ0n) is 6.91. The van der Waals surface area contributed by atoms with Crippen LogP contribution in [0.4, 0.5) is 0 Å². The van der Waals surface area contributed by atoms with Crippen LogP contribution in [-0.4, -0.2) is 32.0 Å².